The number of ketones is 1. The van der Waals surface area contributed by atoms with Gasteiger partial charge < -0.3 is 10.1 Å². The number of nitrogens with one attached hydrogen (secondary N) is 2. The van der Waals surface area contributed by atoms with Gasteiger partial charge in [-0.2, -0.15) is 0 Å². The maximum absolute atomic E-state index is 12.5. The number of Topliss-reactive ketones (excluding diaryl/α,β-unsaturated/α-hetero) is 1. The van der Waals surface area contributed by atoms with Gasteiger partial charge in [-0.3, -0.25) is 14.9 Å². The van der Waals surface area contributed by atoms with Crippen LogP contribution in [0, 0.1) is 5.92 Å². The smallest absolute Gasteiger partial charge is 0.261 e. The van der Waals surface area contributed by atoms with Crippen molar-refractivity contribution in [1.82, 2.24) is 5.32 Å². The van der Waals surface area contributed by atoms with Crippen molar-refractivity contribution in [2.75, 3.05) is 11.9 Å². The van der Waals surface area contributed by atoms with E-state index in [0.717, 1.165) is 0 Å². The Morgan fingerprint density at radius 2 is 1.73 bits per heavy atom. The van der Waals surface area contributed by atoms with Crippen molar-refractivity contribution in [3.05, 3.63) is 59.7 Å². The Morgan fingerprint density at radius 3 is 2.35 bits per heavy atom. The lowest BCUT2D eigenvalue weighted by Gasteiger charge is -2.14. The van der Waals surface area contributed by atoms with Gasteiger partial charge in [-0.05, 0) is 61.5 Å². The second-order valence-electron chi connectivity index (χ2n) is 6.24. The van der Waals surface area contributed by atoms with Crippen LogP contribution in [-0.4, -0.2) is 23.4 Å². The number of hydrogen-bond donors (Lipinski definition) is 2. The molecule has 2 aromatic rings. The fraction of sp³-hybridized carbons (Fsp3) is 0.250. The van der Waals surface area contributed by atoms with E-state index in [1.54, 1.807) is 42.5 Å². The van der Waals surface area contributed by atoms with E-state index in [4.69, 9.17) is 17.0 Å². The molecule has 26 heavy (non-hydrogen) atoms. The minimum atomic E-state index is -0.345. The third-order valence-corrected chi connectivity index (χ3v) is 3.68. The van der Waals surface area contributed by atoms with Gasteiger partial charge in [-0.1, -0.05) is 26.0 Å². The van der Waals surface area contributed by atoms with Crippen molar-refractivity contribution in [1.29, 1.82) is 0 Å². The molecular formula is C20H22N2O3S. The fourth-order valence-electron chi connectivity index (χ4n) is 2.16. The van der Waals surface area contributed by atoms with Gasteiger partial charge in [0.05, 0.1) is 12.2 Å². The standard InChI is InChI=1S/C20H22N2O3S/c1-13(2)12-25-18-7-5-4-6-17(18)19(24)22-20(26)21-16-10-8-15(9-11-16)14(3)23/h4-11,13H,12H2,1-3H3,(H2,21,22,24,26). The summed E-state index contributed by atoms with van der Waals surface area (Å²) in [7, 11) is 0. The van der Waals surface area contributed by atoms with Crippen LogP contribution in [0.5, 0.6) is 5.75 Å². The summed E-state index contributed by atoms with van der Waals surface area (Å²) in [6.07, 6.45) is 0. The first-order chi connectivity index (χ1) is 12.4. The summed E-state index contributed by atoms with van der Waals surface area (Å²) in [5, 5.41) is 5.74. The average molecular weight is 370 g/mol. The minimum Gasteiger partial charge on any atom is -0.492 e. The maximum Gasteiger partial charge on any atom is 0.261 e. The second-order valence-corrected chi connectivity index (χ2v) is 6.65. The summed E-state index contributed by atoms with van der Waals surface area (Å²) in [6.45, 7) is 6.11. The van der Waals surface area contributed by atoms with Gasteiger partial charge in [-0.25, -0.2) is 0 Å². The number of carbonyl (C=O) groups is 2. The maximum atomic E-state index is 12.5. The largest absolute Gasteiger partial charge is 0.492 e. The lowest BCUT2D eigenvalue weighted by molar-refractivity contribution is 0.0971. The summed E-state index contributed by atoms with van der Waals surface area (Å²) >= 11 is 5.20. The van der Waals surface area contributed by atoms with Crippen molar-refractivity contribution < 1.29 is 14.3 Å². The predicted octanol–water partition coefficient (Wildman–Crippen LogP) is 4.05. The highest BCUT2D eigenvalue weighted by Crippen LogP contribution is 2.19. The Kier molecular flexibility index (Phi) is 6.86. The molecule has 0 fully saturated rings. The van der Waals surface area contributed by atoms with E-state index in [9.17, 15) is 9.59 Å². The number of para-hydroxylation sites is 1. The van der Waals surface area contributed by atoms with Gasteiger partial charge in [-0.15, -0.1) is 0 Å². The molecule has 0 aliphatic heterocycles. The number of anilines is 1. The quantitative estimate of drug-likeness (QED) is 0.593. The number of amides is 1. The average Bonchev–Trinajstić information content (AvgIpc) is 2.60. The van der Waals surface area contributed by atoms with Crippen LogP contribution in [-0.2, 0) is 0 Å². The molecule has 0 aliphatic carbocycles. The predicted molar refractivity (Wildman–Crippen MR) is 107 cm³/mol. The van der Waals surface area contributed by atoms with Crippen LogP contribution < -0.4 is 15.4 Å². The number of rotatable bonds is 6. The van der Waals surface area contributed by atoms with Gasteiger partial charge in [0.25, 0.3) is 5.91 Å². The van der Waals surface area contributed by atoms with E-state index < -0.39 is 0 Å². The van der Waals surface area contributed by atoms with Crippen LogP contribution >= 0.6 is 12.2 Å². The Balaban J connectivity index is 2.00. The summed E-state index contributed by atoms with van der Waals surface area (Å²) in [5.74, 6) is 0.520. The molecule has 6 heteroatoms. The van der Waals surface area contributed by atoms with Crippen LogP contribution in [0.4, 0.5) is 5.69 Å². The third-order valence-electron chi connectivity index (χ3n) is 3.48. The summed E-state index contributed by atoms with van der Waals surface area (Å²) in [5.41, 5.74) is 1.72. The van der Waals surface area contributed by atoms with Crippen molar-refractivity contribution in [3.63, 3.8) is 0 Å². The first-order valence-electron chi connectivity index (χ1n) is 8.32. The number of benzene rings is 2. The molecule has 2 rings (SSSR count). The SMILES string of the molecule is CC(=O)c1ccc(NC(=S)NC(=O)c2ccccc2OCC(C)C)cc1. The van der Waals surface area contributed by atoms with Crippen molar-refractivity contribution in [2.24, 2.45) is 5.92 Å². The van der Waals surface area contributed by atoms with Crippen LogP contribution in [0.1, 0.15) is 41.5 Å². The number of thiocarbonyl (C=S) groups is 1. The number of carbonyl (C=O) groups excluding carboxylic acids is 2. The highest BCUT2D eigenvalue weighted by Gasteiger charge is 2.14. The van der Waals surface area contributed by atoms with Crippen LogP contribution in [0.15, 0.2) is 48.5 Å². The molecule has 0 spiro atoms. The monoisotopic (exact) mass is 370 g/mol. The molecule has 0 unspecified atom stereocenters. The lowest BCUT2D eigenvalue weighted by atomic mass is 10.1. The van der Waals surface area contributed by atoms with Crippen molar-refractivity contribution in [2.45, 2.75) is 20.8 Å². The van der Waals surface area contributed by atoms with E-state index >= 15 is 0 Å². The van der Waals surface area contributed by atoms with E-state index in [0.29, 0.717) is 35.1 Å². The normalized spacial score (nSPS) is 10.3. The topological polar surface area (TPSA) is 67.4 Å². The van der Waals surface area contributed by atoms with Crippen LogP contribution in [0.3, 0.4) is 0 Å². The van der Waals surface area contributed by atoms with Gasteiger partial charge >= 0.3 is 0 Å². The molecule has 0 aliphatic rings. The molecule has 0 aromatic heterocycles. The highest BCUT2D eigenvalue weighted by atomic mass is 32.1. The highest BCUT2D eigenvalue weighted by molar-refractivity contribution is 7.80. The first kappa shape index (κ1) is 19.6. The fourth-order valence-corrected chi connectivity index (χ4v) is 2.37. The molecule has 0 saturated heterocycles. The number of hydrogen-bond acceptors (Lipinski definition) is 4. The van der Waals surface area contributed by atoms with Gasteiger partial charge in [0.15, 0.2) is 10.9 Å². The zero-order chi connectivity index (χ0) is 19.1. The van der Waals surface area contributed by atoms with Crippen molar-refractivity contribution >= 4 is 34.7 Å². The molecule has 5 nitrogen and oxygen atoms in total. The Morgan fingerprint density at radius 1 is 1.08 bits per heavy atom. The van der Waals surface area contributed by atoms with Gasteiger partial charge in [0.2, 0.25) is 0 Å². The molecule has 2 N–H and O–H groups in total. The number of ether oxygens (including phenoxy) is 1. The molecular weight excluding hydrogens is 348 g/mol. The van der Waals surface area contributed by atoms with Crippen LogP contribution in [0.25, 0.3) is 0 Å². The molecule has 136 valence electrons. The molecule has 1 amide bonds. The van der Waals surface area contributed by atoms with Crippen molar-refractivity contribution in [3.8, 4) is 5.75 Å². The summed E-state index contributed by atoms with van der Waals surface area (Å²) < 4.78 is 5.70. The van der Waals surface area contributed by atoms with Crippen LogP contribution in [0.2, 0.25) is 0 Å². The van der Waals surface area contributed by atoms with Gasteiger partial charge in [0, 0.05) is 11.3 Å². The lowest BCUT2D eigenvalue weighted by Crippen LogP contribution is -2.34. The molecule has 0 heterocycles. The van der Waals surface area contributed by atoms with E-state index in [-0.39, 0.29) is 16.8 Å². The Bertz CT molecular complexity index is 801. The molecule has 0 saturated carbocycles. The second kappa shape index (κ2) is 9.10. The molecule has 2 aromatic carbocycles. The van der Waals surface area contributed by atoms with E-state index in [1.807, 2.05) is 19.9 Å². The van der Waals surface area contributed by atoms with Gasteiger partial charge in [0.1, 0.15) is 5.75 Å². The zero-order valence-electron chi connectivity index (χ0n) is 15.0. The molecule has 0 atom stereocenters. The van der Waals surface area contributed by atoms with E-state index in [2.05, 4.69) is 10.6 Å². The Hall–Kier alpha value is -2.73. The minimum absolute atomic E-state index is 0.00886. The summed E-state index contributed by atoms with van der Waals surface area (Å²) in [4.78, 5) is 23.8. The van der Waals surface area contributed by atoms with E-state index in [1.165, 1.54) is 6.92 Å². The molecule has 0 bridgehead atoms. The summed E-state index contributed by atoms with van der Waals surface area (Å²) in [6, 6.07) is 13.9. The third kappa shape index (κ3) is 5.67. The molecule has 0 radical (unpaired) electrons. The first-order valence-corrected chi connectivity index (χ1v) is 8.73. The zero-order valence-corrected chi connectivity index (χ0v) is 15.9. The Labute approximate surface area is 158 Å².